The van der Waals surface area contributed by atoms with E-state index >= 15 is 0 Å². The van der Waals surface area contributed by atoms with Gasteiger partial charge in [0.15, 0.2) is 0 Å². The topological polar surface area (TPSA) is 60.0 Å². The van der Waals surface area contributed by atoms with Crippen LogP contribution in [0.2, 0.25) is 0 Å². The molecule has 2 N–H and O–H groups in total. The van der Waals surface area contributed by atoms with Crippen molar-refractivity contribution in [3.8, 4) is 0 Å². The molecule has 0 aliphatic carbocycles. The second-order valence-electron chi connectivity index (χ2n) is 5.48. The molecule has 0 radical (unpaired) electrons. The number of likely N-dealkylation sites (N-methyl/N-ethyl adjacent to an activating group) is 1. The Morgan fingerprint density at radius 3 is 2.67 bits per heavy atom. The maximum absolute atomic E-state index is 6.02. The molecule has 1 unspecified atom stereocenters. The molecule has 0 aliphatic heterocycles. The lowest BCUT2D eigenvalue weighted by Crippen LogP contribution is -2.33. The molecule has 2 aromatic heterocycles. The summed E-state index contributed by atoms with van der Waals surface area (Å²) in [5, 5.41) is 4.43. The lowest BCUT2D eigenvalue weighted by atomic mass is 10.1. The van der Waals surface area contributed by atoms with Crippen molar-refractivity contribution in [2.24, 2.45) is 5.73 Å². The van der Waals surface area contributed by atoms with E-state index in [4.69, 9.17) is 5.73 Å². The Kier molecular flexibility index (Phi) is 5.47. The largest absolute Gasteiger partial charge is 0.329 e. The van der Waals surface area contributed by atoms with Gasteiger partial charge in [-0.05, 0) is 32.5 Å². The third kappa shape index (κ3) is 3.89. The minimum absolute atomic E-state index is 0.171. The fourth-order valence-corrected chi connectivity index (χ4v) is 2.45. The van der Waals surface area contributed by atoms with Crippen LogP contribution < -0.4 is 5.73 Å². The zero-order valence-electron chi connectivity index (χ0n) is 13.1. The first-order chi connectivity index (χ1) is 10.2. The summed E-state index contributed by atoms with van der Waals surface area (Å²) in [6, 6.07) is 6.54. The number of pyridine rings is 1. The minimum Gasteiger partial charge on any atom is -0.329 e. The van der Waals surface area contributed by atoms with Gasteiger partial charge in [-0.3, -0.25) is 14.6 Å². The highest BCUT2D eigenvalue weighted by atomic mass is 15.3. The van der Waals surface area contributed by atoms with Gasteiger partial charge in [0.25, 0.3) is 0 Å². The van der Waals surface area contributed by atoms with Gasteiger partial charge in [0.2, 0.25) is 0 Å². The molecule has 0 saturated heterocycles. The average Bonchev–Trinajstić information content (AvgIpc) is 2.98. The van der Waals surface area contributed by atoms with Crippen LogP contribution in [-0.4, -0.2) is 32.8 Å². The van der Waals surface area contributed by atoms with E-state index in [2.05, 4.69) is 42.0 Å². The van der Waals surface area contributed by atoms with Crippen LogP contribution in [0.15, 0.2) is 36.8 Å². The summed E-state index contributed by atoms with van der Waals surface area (Å²) >= 11 is 0. The van der Waals surface area contributed by atoms with Crippen LogP contribution in [0.5, 0.6) is 0 Å². The molecule has 0 bridgehead atoms. The molecule has 2 aromatic rings. The van der Waals surface area contributed by atoms with Gasteiger partial charge < -0.3 is 5.73 Å². The molecule has 5 nitrogen and oxygen atoms in total. The molecule has 0 spiro atoms. The lowest BCUT2D eigenvalue weighted by Gasteiger charge is -2.28. The van der Waals surface area contributed by atoms with Gasteiger partial charge >= 0.3 is 0 Å². The van der Waals surface area contributed by atoms with Crippen LogP contribution in [0.3, 0.4) is 0 Å². The molecule has 21 heavy (non-hydrogen) atoms. The Bertz CT molecular complexity index is 535. The van der Waals surface area contributed by atoms with Crippen LogP contribution in [0, 0.1) is 0 Å². The lowest BCUT2D eigenvalue weighted by molar-refractivity contribution is 0.201. The number of rotatable bonds is 7. The van der Waals surface area contributed by atoms with Crippen molar-refractivity contribution in [1.82, 2.24) is 19.7 Å². The molecule has 2 heterocycles. The fraction of sp³-hybridized carbons (Fsp3) is 0.500. The molecule has 0 fully saturated rings. The predicted molar refractivity (Wildman–Crippen MR) is 84.7 cm³/mol. The first-order valence-electron chi connectivity index (χ1n) is 7.53. The Balaban J connectivity index is 2.16. The molecular formula is C16H25N5. The zero-order valence-corrected chi connectivity index (χ0v) is 13.1. The average molecular weight is 287 g/mol. The normalized spacial score (nSPS) is 13.0. The van der Waals surface area contributed by atoms with E-state index in [1.807, 2.05) is 35.3 Å². The molecule has 0 aromatic carbocycles. The Hall–Kier alpha value is -1.72. The summed E-state index contributed by atoms with van der Waals surface area (Å²) in [6.45, 7) is 8.69. The monoisotopic (exact) mass is 287 g/mol. The second-order valence-corrected chi connectivity index (χ2v) is 5.48. The van der Waals surface area contributed by atoms with E-state index in [0.29, 0.717) is 12.6 Å². The zero-order chi connectivity index (χ0) is 15.2. The number of nitrogens with zero attached hydrogens (tertiary/aromatic N) is 4. The van der Waals surface area contributed by atoms with Gasteiger partial charge in [0.1, 0.15) is 0 Å². The maximum Gasteiger partial charge on any atom is 0.0544 e. The number of hydrogen-bond acceptors (Lipinski definition) is 4. The third-order valence-corrected chi connectivity index (χ3v) is 3.70. The summed E-state index contributed by atoms with van der Waals surface area (Å²) in [5.41, 5.74) is 8.26. The highest BCUT2D eigenvalue weighted by Gasteiger charge is 2.20. The number of aromatic nitrogens is 3. The van der Waals surface area contributed by atoms with Crippen molar-refractivity contribution in [1.29, 1.82) is 0 Å². The summed E-state index contributed by atoms with van der Waals surface area (Å²) in [7, 11) is 0. The smallest absolute Gasteiger partial charge is 0.0544 e. The molecule has 5 heteroatoms. The van der Waals surface area contributed by atoms with Crippen LogP contribution in [0.25, 0.3) is 0 Å². The fourth-order valence-electron chi connectivity index (χ4n) is 2.45. The minimum atomic E-state index is 0.171. The molecule has 1 atom stereocenters. The van der Waals surface area contributed by atoms with E-state index in [1.165, 1.54) is 5.56 Å². The van der Waals surface area contributed by atoms with E-state index in [9.17, 15) is 0 Å². The van der Waals surface area contributed by atoms with E-state index < -0.39 is 0 Å². The molecule has 0 aliphatic rings. The van der Waals surface area contributed by atoms with E-state index in [-0.39, 0.29) is 6.04 Å². The quantitative estimate of drug-likeness (QED) is 0.849. The van der Waals surface area contributed by atoms with Crippen molar-refractivity contribution in [3.05, 3.63) is 48.0 Å². The highest BCUT2D eigenvalue weighted by molar-refractivity contribution is 5.13. The van der Waals surface area contributed by atoms with Gasteiger partial charge in [-0.15, -0.1) is 0 Å². The van der Waals surface area contributed by atoms with Gasteiger partial charge in [0, 0.05) is 37.1 Å². The van der Waals surface area contributed by atoms with Crippen molar-refractivity contribution in [2.75, 3.05) is 13.1 Å². The Morgan fingerprint density at radius 1 is 1.33 bits per heavy atom. The summed E-state index contributed by atoms with van der Waals surface area (Å²) < 4.78 is 1.98. The molecule has 0 amide bonds. The van der Waals surface area contributed by atoms with Gasteiger partial charge in [-0.1, -0.05) is 13.0 Å². The molecule has 0 saturated carbocycles. The molecule has 114 valence electrons. The third-order valence-electron chi connectivity index (χ3n) is 3.70. The summed E-state index contributed by atoms with van der Waals surface area (Å²) in [6.07, 6.45) is 5.86. The first kappa shape index (κ1) is 15.7. The van der Waals surface area contributed by atoms with E-state index in [0.717, 1.165) is 18.8 Å². The van der Waals surface area contributed by atoms with Gasteiger partial charge in [-0.2, -0.15) is 5.10 Å². The van der Waals surface area contributed by atoms with Crippen molar-refractivity contribution in [3.63, 3.8) is 0 Å². The van der Waals surface area contributed by atoms with E-state index in [1.54, 1.807) is 0 Å². The maximum atomic E-state index is 6.02. The van der Waals surface area contributed by atoms with Crippen molar-refractivity contribution < 1.29 is 0 Å². The second kappa shape index (κ2) is 7.33. The first-order valence-corrected chi connectivity index (χ1v) is 7.53. The van der Waals surface area contributed by atoms with Crippen molar-refractivity contribution in [2.45, 2.75) is 39.4 Å². The SMILES string of the molecule is CCN(Cc1ccccn1)C(CN)c1cnn(C(C)C)c1. The highest BCUT2D eigenvalue weighted by Crippen LogP contribution is 2.21. The van der Waals surface area contributed by atoms with Gasteiger partial charge in [0.05, 0.1) is 17.9 Å². The van der Waals surface area contributed by atoms with Gasteiger partial charge in [-0.25, -0.2) is 0 Å². The summed E-state index contributed by atoms with van der Waals surface area (Å²) in [5.74, 6) is 0. The Labute approximate surface area is 126 Å². The molecule has 2 rings (SSSR count). The summed E-state index contributed by atoms with van der Waals surface area (Å²) in [4.78, 5) is 6.74. The van der Waals surface area contributed by atoms with Crippen LogP contribution in [0.4, 0.5) is 0 Å². The number of hydrogen-bond donors (Lipinski definition) is 1. The van der Waals surface area contributed by atoms with Crippen LogP contribution in [-0.2, 0) is 6.54 Å². The van der Waals surface area contributed by atoms with Crippen LogP contribution >= 0.6 is 0 Å². The number of nitrogens with two attached hydrogens (primary N) is 1. The standard InChI is InChI=1S/C16H25N5/c1-4-20(12-15-7-5-6-8-18-15)16(9-17)14-10-19-21(11-14)13(2)3/h5-8,10-11,13,16H,4,9,12,17H2,1-3H3. The van der Waals surface area contributed by atoms with Crippen LogP contribution in [0.1, 0.15) is 44.1 Å². The Morgan fingerprint density at radius 2 is 2.14 bits per heavy atom. The van der Waals surface area contributed by atoms with Crippen molar-refractivity contribution >= 4 is 0 Å². The molecular weight excluding hydrogens is 262 g/mol. The predicted octanol–water partition coefficient (Wildman–Crippen LogP) is 2.38.